The van der Waals surface area contributed by atoms with Crippen molar-refractivity contribution in [3.63, 3.8) is 0 Å². The summed E-state index contributed by atoms with van der Waals surface area (Å²) >= 11 is 0. The van der Waals surface area contributed by atoms with Gasteiger partial charge in [0, 0.05) is 13.1 Å². The van der Waals surface area contributed by atoms with E-state index in [0.29, 0.717) is 30.1 Å². The van der Waals surface area contributed by atoms with Gasteiger partial charge in [0.1, 0.15) is 18.1 Å². The van der Waals surface area contributed by atoms with Crippen LogP contribution in [0.1, 0.15) is 24.8 Å². The zero-order valence-corrected chi connectivity index (χ0v) is 16.0. The zero-order chi connectivity index (χ0) is 20.0. The predicted octanol–water partition coefficient (Wildman–Crippen LogP) is 4.01. The molecule has 1 N–H and O–H groups in total. The minimum atomic E-state index is -3.55. The largest absolute Gasteiger partial charge is 0.489 e. The Morgan fingerprint density at radius 2 is 1.71 bits per heavy atom. The summed E-state index contributed by atoms with van der Waals surface area (Å²) < 4.78 is 63.3. The Labute approximate surface area is 163 Å². The minimum absolute atomic E-state index is 0.0681. The highest BCUT2D eigenvalue weighted by Crippen LogP contribution is 2.21. The molecular weight excluding hydrogens is 390 g/mol. The normalized spacial score (nSPS) is 15.4. The molecular formula is C19H22F2N2O4S. The van der Waals surface area contributed by atoms with Gasteiger partial charge in [-0.25, -0.2) is 0 Å². The zero-order valence-electron chi connectivity index (χ0n) is 15.2. The fourth-order valence-electron chi connectivity index (χ4n) is 2.92. The summed E-state index contributed by atoms with van der Waals surface area (Å²) in [6.07, 6.45) is 2.80. The van der Waals surface area contributed by atoms with Crippen molar-refractivity contribution in [1.29, 1.82) is 0 Å². The van der Waals surface area contributed by atoms with Gasteiger partial charge in [0.15, 0.2) is 0 Å². The van der Waals surface area contributed by atoms with Crippen LogP contribution in [0.15, 0.2) is 48.5 Å². The molecule has 0 saturated carbocycles. The molecule has 1 aliphatic rings. The van der Waals surface area contributed by atoms with Crippen LogP contribution in [0.3, 0.4) is 0 Å². The van der Waals surface area contributed by atoms with Gasteiger partial charge >= 0.3 is 16.8 Å². The number of ether oxygens (including phenoxy) is 2. The van der Waals surface area contributed by atoms with Crippen LogP contribution < -0.4 is 14.2 Å². The quantitative estimate of drug-likeness (QED) is 0.711. The predicted molar refractivity (Wildman–Crippen MR) is 102 cm³/mol. The van der Waals surface area contributed by atoms with E-state index in [4.69, 9.17) is 4.74 Å². The van der Waals surface area contributed by atoms with E-state index in [0.717, 1.165) is 19.3 Å². The Kier molecular flexibility index (Phi) is 6.69. The Morgan fingerprint density at radius 1 is 1.00 bits per heavy atom. The number of alkyl halides is 2. The third kappa shape index (κ3) is 5.80. The second-order valence-corrected chi connectivity index (χ2v) is 8.08. The van der Waals surface area contributed by atoms with Gasteiger partial charge < -0.3 is 9.47 Å². The molecule has 6 nitrogen and oxygen atoms in total. The lowest BCUT2D eigenvalue weighted by Gasteiger charge is -2.26. The van der Waals surface area contributed by atoms with Crippen LogP contribution in [0.5, 0.6) is 11.5 Å². The Bertz CT molecular complexity index is 870. The lowest BCUT2D eigenvalue weighted by molar-refractivity contribution is -0.0499. The fraction of sp³-hybridized carbons (Fsp3) is 0.368. The van der Waals surface area contributed by atoms with Crippen LogP contribution in [0, 0.1) is 0 Å². The summed E-state index contributed by atoms with van der Waals surface area (Å²) in [7, 11) is -3.55. The maximum Gasteiger partial charge on any atom is 0.387 e. The van der Waals surface area contributed by atoms with Crippen molar-refractivity contribution < 1.29 is 26.7 Å². The molecule has 152 valence electrons. The van der Waals surface area contributed by atoms with E-state index in [1.54, 1.807) is 36.4 Å². The first-order valence-corrected chi connectivity index (χ1v) is 10.4. The highest BCUT2D eigenvalue weighted by Gasteiger charge is 2.23. The lowest BCUT2D eigenvalue weighted by atomic mass is 10.2. The van der Waals surface area contributed by atoms with Crippen LogP contribution >= 0.6 is 0 Å². The Morgan fingerprint density at radius 3 is 2.39 bits per heavy atom. The highest BCUT2D eigenvalue weighted by molar-refractivity contribution is 7.90. The molecule has 0 spiro atoms. The number of benzene rings is 2. The van der Waals surface area contributed by atoms with Gasteiger partial charge in [-0.05, 0) is 54.8 Å². The molecule has 28 heavy (non-hydrogen) atoms. The van der Waals surface area contributed by atoms with Gasteiger partial charge in [0.05, 0.1) is 5.69 Å². The van der Waals surface area contributed by atoms with Crippen molar-refractivity contribution >= 4 is 15.9 Å². The molecule has 0 amide bonds. The van der Waals surface area contributed by atoms with E-state index in [2.05, 4.69) is 9.46 Å². The van der Waals surface area contributed by atoms with Gasteiger partial charge in [-0.1, -0.05) is 18.6 Å². The van der Waals surface area contributed by atoms with Gasteiger partial charge in [-0.15, -0.1) is 0 Å². The SMILES string of the molecule is O=S(=O)(Nc1ccc(OCc2cccc(OC(F)F)c2)cc1)N1CCCCC1. The molecule has 9 heteroatoms. The average Bonchev–Trinajstić information content (AvgIpc) is 2.68. The van der Waals surface area contributed by atoms with E-state index in [-0.39, 0.29) is 12.4 Å². The summed E-state index contributed by atoms with van der Waals surface area (Å²) in [5.74, 6) is 0.597. The van der Waals surface area contributed by atoms with Crippen molar-refractivity contribution in [2.75, 3.05) is 17.8 Å². The number of nitrogens with one attached hydrogen (secondary N) is 1. The van der Waals surface area contributed by atoms with Crippen molar-refractivity contribution in [2.45, 2.75) is 32.5 Å². The van der Waals surface area contributed by atoms with E-state index in [1.165, 1.54) is 16.4 Å². The molecule has 0 atom stereocenters. The van der Waals surface area contributed by atoms with Crippen molar-refractivity contribution in [3.05, 3.63) is 54.1 Å². The third-order valence-corrected chi connectivity index (χ3v) is 5.82. The van der Waals surface area contributed by atoms with Gasteiger partial charge in [-0.2, -0.15) is 21.5 Å². The van der Waals surface area contributed by atoms with Crippen LogP contribution in [0.2, 0.25) is 0 Å². The topological polar surface area (TPSA) is 67.9 Å². The molecule has 0 aliphatic carbocycles. The lowest BCUT2D eigenvalue weighted by Crippen LogP contribution is -2.39. The molecule has 0 radical (unpaired) electrons. The fourth-order valence-corrected chi connectivity index (χ4v) is 4.22. The van der Waals surface area contributed by atoms with Crippen molar-refractivity contribution in [1.82, 2.24) is 4.31 Å². The molecule has 2 aromatic rings. The molecule has 3 rings (SSSR count). The number of piperidine rings is 1. The van der Waals surface area contributed by atoms with Gasteiger partial charge in [-0.3, -0.25) is 4.72 Å². The van der Waals surface area contributed by atoms with Crippen LogP contribution in [-0.4, -0.2) is 32.4 Å². The highest BCUT2D eigenvalue weighted by atomic mass is 32.2. The monoisotopic (exact) mass is 412 g/mol. The van der Waals surface area contributed by atoms with E-state index in [1.807, 2.05) is 0 Å². The first kappa shape index (κ1) is 20.3. The molecule has 1 heterocycles. The smallest absolute Gasteiger partial charge is 0.387 e. The van der Waals surface area contributed by atoms with Crippen LogP contribution in [-0.2, 0) is 16.8 Å². The number of anilines is 1. The van der Waals surface area contributed by atoms with E-state index in [9.17, 15) is 17.2 Å². The Hall–Kier alpha value is -2.39. The molecule has 1 fully saturated rings. The van der Waals surface area contributed by atoms with E-state index >= 15 is 0 Å². The average molecular weight is 412 g/mol. The first-order valence-electron chi connectivity index (χ1n) is 8.97. The van der Waals surface area contributed by atoms with Crippen molar-refractivity contribution in [2.24, 2.45) is 0 Å². The molecule has 0 aromatic heterocycles. The van der Waals surface area contributed by atoms with Crippen LogP contribution in [0.25, 0.3) is 0 Å². The maximum absolute atomic E-state index is 12.4. The molecule has 1 saturated heterocycles. The summed E-state index contributed by atoms with van der Waals surface area (Å²) in [4.78, 5) is 0. The number of hydrogen-bond donors (Lipinski definition) is 1. The number of nitrogens with zero attached hydrogens (tertiary/aromatic N) is 1. The number of halogens is 2. The first-order chi connectivity index (χ1) is 13.4. The Balaban J connectivity index is 1.56. The minimum Gasteiger partial charge on any atom is -0.489 e. The molecule has 1 aliphatic heterocycles. The summed E-state index contributed by atoms with van der Waals surface area (Å²) in [6, 6.07) is 12.8. The molecule has 2 aromatic carbocycles. The summed E-state index contributed by atoms with van der Waals surface area (Å²) in [6.45, 7) is -1.65. The number of rotatable bonds is 8. The summed E-state index contributed by atoms with van der Waals surface area (Å²) in [5, 5.41) is 0. The van der Waals surface area contributed by atoms with Crippen molar-refractivity contribution in [3.8, 4) is 11.5 Å². The van der Waals surface area contributed by atoms with Crippen LogP contribution in [0.4, 0.5) is 14.5 Å². The molecule has 0 unspecified atom stereocenters. The number of hydrogen-bond acceptors (Lipinski definition) is 4. The molecule has 0 bridgehead atoms. The maximum atomic E-state index is 12.4. The second-order valence-electron chi connectivity index (χ2n) is 6.41. The van der Waals surface area contributed by atoms with Gasteiger partial charge in [0.2, 0.25) is 0 Å². The van der Waals surface area contributed by atoms with Gasteiger partial charge in [0.25, 0.3) is 0 Å². The summed E-state index contributed by atoms with van der Waals surface area (Å²) in [5.41, 5.74) is 1.12. The second kappa shape index (κ2) is 9.20. The standard InChI is InChI=1S/C19H22F2N2O4S/c20-19(21)27-18-6-4-5-15(13-18)14-26-17-9-7-16(8-10-17)22-28(24,25)23-11-2-1-3-12-23/h4-10,13,19,22H,1-3,11-12,14H2. The third-order valence-electron chi connectivity index (χ3n) is 4.29. The van der Waals surface area contributed by atoms with E-state index < -0.39 is 16.8 Å².